The van der Waals surface area contributed by atoms with Crippen LogP contribution in [0, 0.1) is 35.5 Å². The quantitative estimate of drug-likeness (QED) is 0.415. The van der Waals surface area contributed by atoms with Crippen molar-refractivity contribution in [2.75, 3.05) is 6.61 Å². The molecule has 0 aromatic rings. The van der Waals surface area contributed by atoms with Gasteiger partial charge in [-0.15, -0.1) is 0 Å². The van der Waals surface area contributed by atoms with Crippen LogP contribution in [0.1, 0.15) is 71.1 Å². The maximum Gasteiger partial charge on any atom is 0.0756 e. The molecule has 0 amide bonds. The van der Waals surface area contributed by atoms with Gasteiger partial charge < -0.3 is 15.3 Å². The second kappa shape index (κ2) is 8.25. The standard InChI is InChI=1S/C22H34O3/c1-16-17(8-3-6-15-23)18-10-11-20(24)19(21(16)18)9-7-14-22(25)12-4-2-5-13-22/h8,16,18-21,23-25H,2-6,10-15H2,1H3/b17-8+. The highest BCUT2D eigenvalue weighted by Gasteiger charge is 2.50. The van der Waals surface area contributed by atoms with Crippen LogP contribution in [0.3, 0.4) is 0 Å². The highest BCUT2D eigenvalue weighted by atomic mass is 16.3. The summed E-state index contributed by atoms with van der Waals surface area (Å²) in [6, 6.07) is 0. The predicted octanol–water partition coefficient (Wildman–Crippen LogP) is 3.43. The molecule has 0 radical (unpaired) electrons. The minimum Gasteiger partial charge on any atom is -0.396 e. The van der Waals surface area contributed by atoms with E-state index in [1.54, 1.807) is 0 Å². The van der Waals surface area contributed by atoms with Gasteiger partial charge in [-0.2, -0.15) is 0 Å². The number of aliphatic hydroxyl groups excluding tert-OH is 2. The smallest absolute Gasteiger partial charge is 0.0756 e. The largest absolute Gasteiger partial charge is 0.396 e. The molecule has 0 aromatic heterocycles. The van der Waals surface area contributed by atoms with Crippen molar-refractivity contribution in [3.63, 3.8) is 0 Å². The summed E-state index contributed by atoms with van der Waals surface area (Å²) in [4.78, 5) is 0. The van der Waals surface area contributed by atoms with Crippen LogP contribution in [0.4, 0.5) is 0 Å². The van der Waals surface area contributed by atoms with E-state index in [-0.39, 0.29) is 18.6 Å². The first kappa shape index (κ1) is 19.0. The zero-order chi connectivity index (χ0) is 17.9. The lowest BCUT2D eigenvalue weighted by Gasteiger charge is -2.53. The molecule has 140 valence electrons. The Bertz CT molecular complexity index is 535. The van der Waals surface area contributed by atoms with Crippen molar-refractivity contribution < 1.29 is 15.3 Å². The molecule has 3 aliphatic rings. The normalized spacial score (nSPS) is 38.4. The summed E-state index contributed by atoms with van der Waals surface area (Å²) in [7, 11) is 0. The van der Waals surface area contributed by atoms with Gasteiger partial charge in [-0.3, -0.25) is 0 Å². The lowest BCUT2D eigenvalue weighted by molar-refractivity contribution is -0.0144. The Labute approximate surface area is 152 Å². The maximum atomic E-state index is 10.6. The third kappa shape index (κ3) is 4.13. The Balaban J connectivity index is 1.63. The van der Waals surface area contributed by atoms with Crippen molar-refractivity contribution in [1.29, 1.82) is 0 Å². The molecule has 0 bridgehead atoms. The van der Waals surface area contributed by atoms with E-state index in [2.05, 4.69) is 24.8 Å². The Morgan fingerprint density at radius 2 is 1.96 bits per heavy atom. The molecule has 3 aliphatic carbocycles. The third-order valence-corrected chi connectivity index (χ3v) is 6.81. The van der Waals surface area contributed by atoms with Gasteiger partial charge in [-0.25, -0.2) is 0 Å². The average molecular weight is 347 g/mol. The minimum atomic E-state index is -0.592. The first-order chi connectivity index (χ1) is 12.1. The molecule has 3 rings (SSSR count). The summed E-state index contributed by atoms with van der Waals surface area (Å²) in [5, 5.41) is 30.1. The van der Waals surface area contributed by atoms with Gasteiger partial charge in [0.2, 0.25) is 0 Å². The second-order valence-electron chi connectivity index (χ2n) is 8.50. The molecule has 0 saturated heterocycles. The van der Waals surface area contributed by atoms with Crippen LogP contribution < -0.4 is 0 Å². The van der Waals surface area contributed by atoms with Crippen LogP contribution in [0.5, 0.6) is 0 Å². The molecule has 25 heavy (non-hydrogen) atoms. The van der Waals surface area contributed by atoms with Crippen LogP contribution in [0.2, 0.25) is 0 Å². The van der Waals surface area contributed by atoms with E-state index < -0.39 is 5.60 Å². The van der Waals surface area contributed by atoms with E-state index in [1.165, 1.54) is 12.0 Å². The molecule has 3 heteroatoms. The highest BCUT2D eigenvalue weighted by Crippen LogP contribution is 2.55. The number of hydrogen-bond donors (Lipinski definition) is 3. The molecule has 5 atom stereocenters. The monoisotopic (exact) mass is 346 g/mol. The van der Waals surface area contributed by atoms with Gasteiger partial charge >= 0.3 is 0 Å². The van der Waals surface area contributed by atoms with Gasteiger partial charge in [0.25, 0.3) is 0 Å². The maximum absolute atomic E-state index is 10.6. The zero-order valence-electron chi connectivity index (χ0n) is 15.6. The fraction of sp³-hybridized carbons (Fsp3) is 0.818. The van der Waals surface area contributed by atoms with Crippen molar-refractivity contribution >= 4 is 0 Å². The molecule has 3 fully saturated rings. The lowest BCUT2D eigenvalue weighted by Crippen LogP contribution is -2.50. The molecular weight excluding hydrogens is 312 g/mol. The van der Waals surface area contributed by atoms with Gasteiger partial charge in [0.15, 0.2) is 0 Å². The van der Waals surface area contributed by atoms with E-state index in [4.69, 9.17) is 5.11 Å². The fourth-order valence-electron chi connectivity index (χ4n) is 5.33. The molecule has 3 nitrogen and oxygen atoms in total. The van der Waals surface area contributed by atoms with Crippen LogP contribution in [0.25, 0.3) is 0 Å². The molecule has 3 N–H and O–H groups in total. The van der Waals surface area contributed by atoms with Crippen molar-refractivity contribution in [1.82, 2.24) is 0 Å². The molecule has 0 aliphatic heterocycles. The zero-order valence-corrected chi connectivity index (χ0v) is 15.6. The lowest BCUT2D eigenvalue weighted by atomic mass is 9.51. The Kier molecular flexibility index (Phi) is 6.25. The fourth-order valence-corrected chi connectivity index (χ4v) is 5.33. The molecule has 0 aromatic carbocycles. The first-order valence-electron chi connectivity index (χ1n) is 10.3. The molecule has 0 spiro atoms. The minimum absolute atomic E-state index is 0.0518. The van der Waals surface area contributed by atoms with Crippen LogP contribution in [-0.4, -0.2) is 33.6 Å². The van der Waals surface area contributed by atoms with Crippen molar-refractivity contribution in [3.8, 4) is 11.8 Å². The van der Waals surface area contributed by atoms with Gasteiger partial charge in [0, 0.05) is 13.0 Å². The van der Waals surface area contributed by atoms with Crippen molar-refractivity contribution in [3.05, 3.63) is 11.6 Å². The van der Waals surface area contributed by atoms with E-state index in [1.807, 2.05) is 0 Å². The number of aliphatic hydroxyl groups is 3. The van der Waals surface area contributed by atoms with Gasteiger partial charge in [0.05, 0.1) is 17.6 Å². The Morgan fingerprint density at radius 1 is 1.20 bits per heavy atom. The highest BCUT2D eigenvalue weighted by molar-refractivity contribution is 5.29. The topological polar surface area (TPSA) is 60.7 Å². The summed E-state index contributed by atoms with van der Waals surface area (Å²) in [5.74, 6) is 8.18. The number of allylic oxidation sites excluding steroid dienone is 2. The van der Waals surface area contributed by atoms with E-state index in [0.717, 1.165) is 51.4 Å². The van der Waals surface area contributed by atoms with E-state index in [0.29, 0.717) is 24.2 Å². The van der Waals surface area contributed by atoms with Crippen molar-refractivity contribution in [2.45, 2.75) is 82.8 Å². The average Bonchev–Trinajstić information content (AvgIpc) is 2.60. The summed E-state index contributed by atoms with van der Waals surface area (Å²) in [6.45, 7) is 2.51. The number of hydrogen-bond acceptors (Lipinski definition) is 3. The van der Waals surface area contributed by atoms with Crippen molar-refractivity contribution in [2.24, 2.45) is 23.7 Å². The Morgan fingerprint density at radius 3 is 2.68 bits per heavy atom. The Hall–Kier alpha value is -0.820. The number of rotatable bonds is 4. The van der Waals surface area contributed by atoms with E-state index >= 15 is 0 Å². The summed E-state index contributed by atoms with van der Waals surface area (Å²) < 4.78 is 0. The molecule has 0 heterocycles. The van der Waals surface area contributed by atoms with E-state index in [9.17, 15) is 10.2 Å². The SMILES string of the molecule is CC1/C(=C\CCCO)C2CCC(O)C(C#CCC3(O)CCCCC3)C12. The van der Waals surface area contributed by atoms with Gasteiger partial charge in [-0.05, 0) is 56.3 Å². The number of unbranched alkanes of at least 4 members (excludes halogenated alkanes) is 1. The summed E-state index contributed by atoms with van der Waals surface area (Å²) in [6.07, 6.45) is 11.4. The molecule has 3 saturated carbocycles. The van der Waals surface area contributed by atoms with Gasteiger partial charge in [-0.1, -0.05) is 49.7 Å². The van der Waals surface area contributed by atoms with Crippen LogP contribution in [-0.2, 0) is 0 Å². The summed E-state index contributed by atoms with van der Waals surface area (Å²) in [5.41, 5.74) is 0.924. The number of fused-ring (bicyclic) bond motifs is 1. The summed E-state index contributed by atoms with van der Waals surface area (Å²) >= 11 is 0. The van der Waals surface area contributed by atoms with Gasteiger partial charge in [0.1, 0.15) is 0 Å². The molecule has 5 unspecified atom stereocenters. The first-order valence-corrected chi connectivity index (χ1v) is 10.3. The predicted molar refractivity (Wildman–Crippen MR) is 99.7 cm³/mol. The second-order valence-corrected chi connectivity index (χ2v) is 8.50. The van der Waals surface area contributed by atoms with Crippen LogP contribution >= 0.6 is 0 Å². The third-order valence-electron chi connectivity index (χ3n) is 6.81. The molecular formula is C22H34O3. The van der Waals surface area contributed by atoms with Crippen LogP contribution in [0.15, 0.2) is 11.6 Å².